The number of amides is 1. The van der Waals surface area contributed by atoms with Crippen molar-refractivity contribution >= 4 is 17.2 Å². The lowest BCUT2D eigenvalue weighted by molar-refractivity contribution is -0.133. The summed E-state index contributed by atoms with van der Waals surface area (Å²) in [5, 5.41) is 4.79. The molecule has 1 saturated heterocycles. The van der Waals surface area contributed by atoms with E-state index in [9.17, 15) is 9.59 Å². The second-order valence-corrected chi connectivity index (χ2v) is 6.94. The van der Waals surface area contributed by atoms with Crippen LogP contribution in [0.25, 0.3) is 0 Å². The zero-order chi connectivity index (χ0) is 17.1. The van der Waals surface area contributed by atoms with Crippen molar-refractivity contribution in [1.29, 1.82) is 0 Å². The molecule has 0 radical (unpaired) electrons. The van der Waals surface area contributed by atoms with Crippen molar-refractivity contribution in [3.8, 4) is 5.75 Å². The van der Waals surface area contributed by atoms with Crippen LogP contribution < -0.4 is 9.61 Å². The first-order chi connectivity index (χ1) is 11.6. The zero-order valence-electron chi connectivity index (χ0n) is 13.9. The largest absolute Gasteiger partial charge is 0.494 e. The smallest absolute Gasteiger partial charge is 0.325 e. The molecule has 6 nitrogen and oxygen atoms in total. The van der Waals surface area contributed by atoms with Gasteiger partial charge in [0.15, 0.2) is 0 Å². The Morgan fingerprint density at radius 3 is 2.75 bits per heavy atom. The molecule has 1 aliphatic rings. The minimum Gasteiger partial charge on any atom is -0.494 e. The number of carbonyl (C=O) groups excluding carboxylic acids is 1. The van der Waals surface area contributed by atoms with Crippen LogP contribution in [0.1, 0.15) is 36.4 Å². The van der Waals surface area contributed by atoms with E-state index in [-0.39, 0.29) is 23.4 Å². The van der Waals surface area contributed by atoms with Gasteiger partial charge in [0.05, 0.1) is 12.6 Å². The summed E-state index contributed by atoms with van der Waals surface area (Å²) in [5.74, 6) is 0.778. The number of hydrogen-bond acceptors (Lipinski definition) is 5. The summed E-state index contributed by atoms with van der Waals surface area (Å²) < 4.78 is 6.73. The lowest BCUT2D eigenvalue weighted by atomic mass is 10.0. The monoisotopic (exact) mass is 347 g/mol. The van der Waals surface area contributed by atoms with Crippen LogP contribution in [0.2, 0.25) is 0 Å². The molecular formula is C17H21N3O3S. The number of rotatable bonds is 5. The Morgan fingerprint density at radius 1 is 1.38 bits per heavy atom. The number of aryl methyl sites for hydroxylation is 1. The van der Waals surface area contributed by atoms with Crippen LogP contribution in [0.4, 0.5) is 0 Å². The molecule has 0 spiro atoms. The van der Waals surface area contributed by atoms with Crippen molar-refractivity contribution < 1.29 is 9.53 Å². The van der Waals surface area contributed by atoms with Crippen LogP contribution in [-0.4, -0.2) is 33.7 Å². The van der Waals surface area contributed by atoms with Crippen molar-refractivity contribution in [2.75, 3.05) is 13.2 Å². The summed E-state index contributed by atoms with van der Waals surface area (Å²) in [6.07, 6.45) is 1.90. The second kappa shape index (κ2) is 7.17. The maximum atomic E-state index is 12.6. The van der Waals surface area contributed by atoms with Crippen molar-refractivity contribution in [3.05, 3.63) is 44.5 Å². The van der Waals surface area contributed by atoms with Gasteiger partial charge in [0, 0.05) is 6.54 Å². The van der Waals surface area contributed by atoms with Crippen molar-refractivity contribution in [3.63, 3.8) is 0 Å². The fourth-order valence-corrected chi connectivity index (χ4v) is 3.70. The Kier molecular flexibility index (Phi) is 4.99. The fraction of sp³-hybridized carbons (Fsp3) is 0.471. The van der Waals surface area contributed by atoms with E-state index < -0.39 is 0 Å². The molecule has 2 heterocycles. The lowest BCUT2D eigenvalue weighted by Gasteiger charge is -2.25. The van der Waals surface area contributed by atoms with E-state index in [0.717, 1.165) is 35.5 Å². The number of ether oxygens (including phenoxy) is 1. The molecule has 1 atom stereocenters. The fourth-order valence-electron chi connectivity index (χ4n) is 3.09. The summed E-state index contributed by atoms with van der Waals surface area (Å²) >= 11 is 1.07. The molecule has 0 saturated carbocycles. The summed E-state index contributed by atoms with van der Waals surface area (Å²) in [4.78, 5) is 26.1. The Bertz CT molecular complexity index is 766. The number of benzene rings is 1. The predicted molar refractivity (Wildman–Crippen MR) is 92.4 cm³/mol. The average Bonchev–Trinajstić information content (AvgIpc) is 3.15. The minimum absolute atomic E-state index is 0.0106. The third-order valence-electron chi connectivity index (χ3n) is 4.14. The van der Waals surface area contributed by atoms with Crippen LogP contribution in [0, 0.1) is 6.92 Å². The molecule has 3 rings (SSSR count). The predicted octanol–water partition coefficient (Wildman–Crippen LogP) is 2.38. The first kappa shape index (κ1) is 16.7. The van der Waals surface area contributed by atoms with Gasteiger partial charge in [-0.25, -0.2) is 4.68 Å². The molecule has 1 fully saturated rings. The van der Waals surface area contributed by atoms with Crippen molar-refractivity contribution in [2.45, 2.75) is 39.3 Å². The maximum absolute atomic E-state index is 12.6. The van der Waals surface area contributed by atoms with E-state index in [4.69, 9.17) is 4.74 Å². The Hall–Kier alpha value is -2.15. The molecule has 1 aromatic carbocycles. The molecule has 7 heteroatoms. The van der Waals surface area contributed by atoms with E-state index in [1.807, 2.05) is 36.1 Å². The highest BCUT2D eigenvalue weighted by Crippen LogP contribution is 2.32. The zero-order valence-corrected chi connectivity index (χ0v) is 14.7. The van der Waals surface area contributed by atoms with E-state index in [0.29, 0.717) is 18.2 Å². The van der Waals surface area contributed by atoms with E-state index in [2.05, 4.69) is 5.10 Å². The number of likely N-dealkylation sites (tertiary alicyclic amines) is 1. The Balaban J connectivity index is 1.73. The summed E-state index contributed by atoms with van der Waals surface area (Å²) in [7, 11) is 0. The lowest BCUT2D eigenvalue weighted by Crippen LogP contribution is -2.35. The molecule has 0 unspecified atom stereocenters. The minimum atomic E-state index is -0.183. The highest BCUT2D eigenvalue weighted by atomic mass is 32.1. The first-order valence-electron chi connectivity index (χ1n) is 8.15. The van der Waals surface area contributed by atoms with Gasteiger partial charge in [0.25, 0.3) is 0 Å². The van der Waals surface area contributed by atoms with Gasteiger partial charge >= 0.3 is 4.87 Å². The van der Waals surface area contributed by atoms with Gasteiger partial charge in [-0.2, -0.15) is 5.10 Å². The van der Waals surface area contributed by atoms with Gasteiger partial charge in [0.2, 0.25) is 5.91 Å². The average molecular weight is 347 g/mol. The van der Waals surface area contributed by atoms with Gasteiger partial charge in [-0.15, -0.1) is 0 Å². The molecule has 24 heavy (non-hydrogen) atoms. The topological polar surface area (TPSA) is 64.4 Å². The van der Waals surface area contributed by atoms with Gasteiger partial charge in [-0.3, -0.25) is 9.59 Å². The van der Waals surface area contributed by atoms with Crippen LogP contribution in [0.3, 0.4) is 0 Å². The number of carbonyl (C=O) groups is 1. The first-order valence-corrected chi connectivity index (χ1v) is 8.97. The molecule has 0 aliphatic carbocycles. The summed E-state index contributed by atoms with van der Waals surface area (Å²) in [5.41, 5.74) is 1.10. The van der Waals surface area contributed by atoms with Crippen LogP contribution in [0.15, 0.2) is 29.1 Å². The number of hydrogen-bond donors (Lipinski definition) is 0. The molecule has 1 aliphatic heterocycles. The Labute approximate surface area is 144 Å². The highest BCUT2D eigenvalue weighted by molar-refractivity contribution is 7.08. The molecule has 1 aromatic heterocycles. The third-order valence-corrected chi connectivity index (χ3v) is 4.90. The molecular weight excluding hydrogens is 326 g/mol. The van der Waals surface area contributed by atoms with Crippen molar-refractivity contribution in [1.82, 2.24) is 14.7 Å². The van der Waals surface area contributed by atoms with Crippen molar-refractivity contribution in [2.24, 2.45) is 0 Å². The van der Waals surface area contributed by atoms with Gasteiger partial charge in [-0.1, -0.05) is 23.5 Å². The normalized spacial score (nSPS) is 17.2. The number of nitrogens with zero attached hydrogens (tertiary/aromatic N) is 3. The van der Waals surface area contributed by atoms with Gasteiger partial charge < -0.3 is 9.64 Å². The SMILES string of the molecule is CCOc1ccc([C@H]2CCCN2C(=O)Cn2nc(C)sc2=O)cc1. The summed E-state index contributed by atoms with van der Waals surface area (Å²) in [6, 6.07) is 7.96. The maximum Gasteiger partial charge on any atom is 0.325 e. The third kappa shape index (κ3) is 3.51. The molecule has 2 aromatic rings. The molecule has 0 N–H and O–H groups in total. The molecule has 1 amide bonds. The van der Waals surface area contributed by atoms with Crippen LogP contribution in [0.5, 0.6) is 5.75 Å². The quantitative estimate of drug-likeness (QED) is 0.833. The van der Waals surface area contributed by atoms with Crippen LogP contribution in [-0.2, 0) is 11.3 Å². The van der Waals surface area contributed by atoms with Gasteiger partial charge in [0.1, 0.15) is 17.3 Å². The molecule has 128 valence electrons. The van der Waals surface area contributed by atoms with E-state index >= 15 is 0 Å². The molecule has 0 bridgehead atoms. The van der Waals surface area contributed by atoms with E-state index in [1.54, 1.807) is 6.92 Å². The Morgan fingerprint density at radius 2 is 2.12 bits per heavy atom. The summed E-state index contributed by atoms with van der Waals surface area (Å²) in [6.45, 7) is 5.08. The van der Waals surface area contributed by atoms with E-state index in [1.165, 1.54) is 4.68 Å². The second-order valence-electron chi connectivity index (χ2n) is 5.79. The van der Waals surface area contributed by atoms with Crippen LogP contribution >= 0.6 is 11.3 Å². The van der Waals surface area contributed by atoms with Gasteiger partial charge in [-0.05, 0) is 44.4 Å². The highest BCUT2D eigenvalue weighted by Gasteiger charge is 2.30. The number of aromatic nitrogens is 2. The standard InChI is InChI=1S/C17H21N3O3S/c1-3-23-14-8-6-13(7-9-14)15-5-4-10-19(15)16(21)11-20-17(22)24-12(2)18-20/h6-9,15H,3-5,10-11H2,1-2H3/t15-/m1/s1.